The molecule has 0 aromatic heterocycles. The average Bonchev–Trinajstić information content (AvgIpc) is 2.33. The van der Waals surface area contributed by atoms with E-state index >= 15 is 0 Å². The Kier molecular flexibility index (Phi) is 1.27. The highest BCUT2D eigenvalue weighted by molar-refractivity contribution is 5.65. The van der Waals surface area contributed by atoms with Crippen molar-refractivity contribution in [3.8, 4) is 0 Å². The molecule has 2 aliphatic rings. The Bertz CT molecular complexity index is 131. The third kappa shape index (κ3) is 0.874. The molecule has 2 radical (unpaired) electrons. The zero-order valence-electron chi connectivity index (χ0n) is 5.30. The molecule has 2 heteroatoms. The first-order chi connectivity index (χ1) is 4.47. The van der Waals surface area contributed by atoms with E-state index < -0.39 is 0 Å². The second kappa shape index (κ2) is 2.10. The van der Waals surface area contributed by atoms with Crippen molar-refractivity contribution in [1.82, 2.24) is 5.32 Å². The number of rotatable bonds is 0. The summed E-state index contributed by atoms with van der Waals surface area (Å²) in [5.74, 6) is 1.28. The van der Waals surface area contributed by atoms with E-state index in [2.05, 4.69) is 16.9 Å². The molecule has 1 fully saturated rings. The molecule has 9 heavy (non-hydrogen) atoms. The Morgan fingerprint density at radius 2 is 2.67 bits per heavy atom. The van der Waals surface area contributed by atoms with Crippen molar-refractivity contribution in [2.45, 2.75) is 6.42 Å². The normalized spacial score (nSPS) is 40.9. The molecule has 2 heterocycles. The minimum Gasteiger partial charge on any atom is -0.307 e. The second-order valence-corrected chi connectivity index (χ2v) is 2.66. The first kappa shape index (κ1) is 5.42. The van der Waals surface area contributed by atoms with E-state index in [1.54, 1.807) is 0 Å². The molecular weight excluding hydrogens is 112 g/mol. The number of hydrogen-bond donors (Lipinski definition) is 1. The van der Waals surface area contributed by atoms with Crippen LogP contribution in [-0.4, -0.2) is 19.3 Å². The van der Waals surface area contributed by atoms with Gasteiger partial charge in [-0.05, 0) is 18.9 Å². The van der Waals surface area contributed by atoms with Crippen molar-refractivity contribution in [3.63, 3.8) is 0 Å². The minimum absolute atomic E-state index is 0.513. The average molecular weight is 122 g/mol. The number of piperidine rings is 1. The van der Waals surface area contributed by atoms with E-state index in [1.165, 1.54) is 6.42 Å². The van der Waals surface area contributed by atoms with Gasteiger partial charge in [-0.2, -0.15) is 0 Å². The van der Waals surface area contributed by atoms with Crippen LogP contribution < -0.4 is 5.32 Å². The smallest absolute Gasteiger partial charge is 0.0681 e. The van der Waals surface area contributed by atoms with Crippen LogP contribution in [0.2, 0.25) is 0 Å². The van der Waals surface area contributed by atoms with E-state index in [0.717, 1.165) is 19.0 Å². The van der Waals surface area contributed by atoms with Crippen LogP contribution in [0.15, 0.2) is 4.99 Å². The van der Waals surface area contributed by atoms with Crippen LogP contribution in [0.5, 0.6) is 0 Å². The van der Waals surface area contributed by atoms with Crippen molar-refractivity contribution >= 4 is 6.21 Å². The van der Waals surface area contributed by atoms with E-state index in [4.69, 9.17) is 0 Å². The molecule has 2 unspecified atom stereocenters. The lowest BCUT2D eigenvalue weighted by molar-refractivity contribution is 0.391. The first-order valence-corrected chi connectivity index (χ1v) is 3.45. The highest BCUT2D eigenvalue weighted by Crippen LogP contribution is 2.24. The van der Waals surface area contributed by atoms with Crippen LogP contribution in [0, 0.1) is 18.4 Å². The van der Waals surface area contributed by atoms with Gasteiger partial charge in [0.05, 0.1) is 6.54 Å². The van der Waals surface area contributed by atoms with Gasteiger partial charge in [-0.3, -0.25) is 4.99 Å². The maximum atomic E-state index is 4.20. The lowest BCUT2D eigenvalue weighted by atomic mass is 9.90. The van der Waals surface area contributed by atoms with Crippen LogP contribution in [0.25, 0.3) is 0 Å². The van der Waals surface area contributed by atoms with Gasteiger partial charge in [0.1, 0.15) is 0 Å². The third-order valence-electron chi connectivity index (χ3n) is 2.02. The summed E-state index contributed by atoms with van der Waals surface area (Å²) >= 11 is 0. The third-order valence-corrected chi connectivity index (χ3v) is 2.02. The van der Waals surface area contributed by atoms with Crippen LogP contribution in [0.3, 0.4) is 0 Å². The maximum absolute atomic E-state index is 4.20. The molecule has 0 aromatic carbocycles. The zero-order chi connectivity index (χ0) is 6.10. The Morgan fingerprint density at radius 3 is 3.56 bits per heavy atom. The summed E-state index contributed by atoms with van der Waals surface area (Å²) in [6, 6.07) is 0. The predicted molar refractivity (Wildman–Crippen MR) is 36.2 cm³/mol. The fourth-order valence-corrected chi connectivity index (χ4v) is 1.42. The second-order valence-electron chi connectivity index (χ2n) is 2.66. The van der Waals surface area contributed by atoms with E-state index in [-0.39, 0.29) is 0 Å². The highest BCUT2D eigenvalue weighted by Gasteiger charge is 2.26. The molecule has 0 aromatic rings. The molecule has 2 nitrogen and oxygen atoms in total. The van der Waals surface area contributed by atoms with Gasteiger partial charge in [0.2, 0.25) is 0 Å². The van der Waals surface area contributed by atoms with E-state index in [9.17, 15) is 0 Å². The SMILES string of the molecule is [C]1NCCC2CN=CC12. The predicted octanol–water partition coefficient (Wildman–Crippen LogP) is 0.335. The van der Waals surface area contributed by atoms with Gasteiger partial charge < -0.3 is 5.32 Å². The van der Waals surface area contributed by atoms with Crippen molar-refractivity contribution in [3.05, 3.63) is 6.54 Å². The molecule has 1 N–H and O–H groups in total. The topological polar surface area (TPSA) is 24.4 Å². The quantitative estimate of drug-likeness (QED) is 0.492. The van der Waals surface area contributed by atoms with Crippen LogP contribution in [0.4, 0.5) is 0 Å². The van der Waals surface area contributed by atoms with E-state index in [1.807, 2.05) is 6.21 Å². The molecule has 0 amide bonds. The lowest BCUT2D eigenvalue weighted by Gasteiger charge is -2.22. The number of aliphatic imine (C=N–C) groups is 1. The Hall–Kier alpha value is -0.370. The zero-order valence-corrected chi connectivity index (χ0v) is 5.30. The molecule has 0 bridgehead atoms. The van der Waals surface area contributed by atoms with Gasteiger partial charge >= 0.3 is 0 Å². The molecule has 1 saturated heterocycles. The minimum atomic E-state index is 0.513. The van der Waals surface area contributed by atoms with Gasteiger partial charge in [-0.1, -0.05) is 0 Å². The largest absolute Gasteiger partial charge is 0.307 e. The fraction of sp³-hybridized carbons (Fsp3) is 0.714. The van der Waals surface area contributed by atoms with Crippen LogP contribution in [0.1, 0.15) is 6.42 Å². The number of fused-ring (bicyclic) bond motifs is 1. The van der Waals surface area contributed by atoms with Crippen molar-refractivity contribution < 1.29 is 0 Å². The molecule has 2 rings (SSSR count). The van der Waals surface area contributed by atoms with Gasteiger partial charge in [0.25, 0.3) is 0 Å². The maximum Gasteiger partial charge on any atom is 0.0681 e. The first-order valence-electron chi connectivity index (χ1n) is 3.45. The number of nitrogens with zero attached hydrogens (tertiary/aromatic N) is 1. The molecule has 0 aliphatic carbocycles. The highest BCUT2D eigenvalue weighted by atomic mass is 14.9. The lowest BCUT2D eigenvalue weighted by Crippen LogP contribution is -2.31. The summed E-state index contributed by atoms with van der Waals surface area (Å²) in [5, 5.41) is 3.11. The Morgan fingerprint density at radius 1 is 1.67 bits per heavy atom. The van der Waals surface area contributed by atoms with Gasteiger partial charge in [0.15, 0.2) is 0 Å². The molecular formula is C7H10N2. The van der Waals surface area contributed by atoms with Crippen molar-refractivity contribution in [1.29, 1.82) is 0 Å². The summed E-state index contributed by atoms with van der Waals surface area (Å²) < 4.78 is 0. The monoisotopic (exact) mass is 122 g/mol. The van der Waals surface area contributed by atoms with Gasteiger partial charge in [0, 0.05) is 18.7 Å². The Labute approximate surface area is 55.4 Å². The summed E-state index contributed by atoms with van der Waals surface area (Å²) in [7, 11) is 0. The molecule has 48 valence electrons. The molecule has 2 atom stereocenters. The van der Waals surface area contributed by atoms with Gasteiger partial charge in [-0.25, -0.2) is 0 Å². The number of hydrogen-bond acceptors (Lipinski definition) is 2. The standard InChI is InChI=1S/C7H10N2/c1-2-8-4-7-5-9-3-6(1)7/h5-8H,1-3H2. The molecule has 0 saturated carbocycles. The number of nitrogens with one attached hydrogen (secondary N) is 1. The summed E-state index contributed by atoms with van der Waals surface area (Å²) in [6.45, 7) is 5.30. The Balaban J connectivity index is 2.03. The molecule has 2 aliphatic heterocycles. The summed E-state index contributed by atoms with van der Waals surface area (Å²) in [4.78, 5) is 4.20. The van der Waals surface area contributed by atoms with Crippen molar-refractivity contribution in [2.75, 3.05) is 13.1 Å². The van der Waals surface area contributed by atoms with Gasteiger partial charge in [-0.15, -0.1) is 0 Å². The summed E-state index contributed by atoms with van der Waals surface area (Å²) in [5.41, 5.74) is 0. The fourth-order valence-electron chi connectivity index (χ4n) is 1.42. The van der Waals surface area contributed by atoms with Crippen molar-refractivity contribution in [2.24, 2.45) is 16.8 Å². The summed E-state index contributed by atoms with van der Waals surface area (Å²) in [6.07, 6.45) is 3.27. The molecule has 0 spiro atoms. The van der Waals surface area contributed by atoms with Crippen LogP contribution in [-0.2, 0) is 0 Å². The van der Waals surface area contributed by atoms with E-state index in [0.29, 0.717) is 5.92 Å². The van der Waals surface area contributed by atoms with Crippen LogP contribution >= 0.6 is 0 Å².